The number of nitrogens with one attached hydrogen (secondary N) is 5. The molecule has 1 aliphatic heterocycles. The maximum atomic E-state index is 14.1. The van der Waals surface area contributed by atoms with Crippen molar-refractivity contribution in [3.63, 3.8) is 0 Å². The number of amides is 2. The van der Waals surface area contributed by atoms with E-state index in [1.807, 2.05) is 11.4 Å². The molecule has 0 fully saturated rings. The minimum Gasteiger partial charge on any atom is -0.444 e. The van der Waals surface area contributed by atoms with E-state index >= 15 is 0 Å². The molecule has 0 unspecified atom stereocenters. The van der Waals surface area contributed by atoms with Crippen LogP contribution >= 0.6 is 11.6 Å². The van der Waals surface area contributed by atoms with Gasteiger partial charge in [-0.05, 0) is 32.9 Å². The van der Waals surface area contributed by atoms with Crippen LogP contribution < -0.4 is 21.3 Å². The molecule has 3 heterocycles. The lowest BCUT2D eigenvalue weighted by Crippen LogP contribution is -2.36. The monoisotopic (exact) mass is 578 g/mol. The Hall–Kier alpha value is -4.91. The van der Waals surface area contributed by atoms with Crippen molar-refractivity contribution in [2.45, 2.75) is 32.5 Å². The lowest BCUT2D eigenvalue weighted by molar-refractivity contribution is -0.118. The summed E-state index contributed by atoms with van der Waals surface area (Å²) in [6.07, 6.45) is -0.814. The van der Waals surface area contributed by atoms with Crippen LogP contribution in [0.3, 0.4) is 0 Å². The zero-order chi connectivity index (χ0) is 29.7. The Balaban J connectivity index is 1.91. The van der Waals surface area contributed by atoms with E-state index in [0.717, 1.165) is 11.0 Å². The summed E-state index contributed by atoms with van der Waals surface area (Å²) in [6, 6.07) is 3.11. The van der Waals surface area contributed by atoms with Gasteiger partial charge in [-0.25, -0.2) is 9.78 Å². The van der Waals surface area contributed by atoms with Crippen LogP contribution in [-0.4, -0.2) is 56.5 Å². The summed E-state index contributed by atoms with van der Waals surface area (Å²) in [6.45, 7) is 4.75. The van der Waals surface area contributed by atoms with Crippen LogP contribution in [0, 0.1) is 16.7 Å². The molecule has 17 heteroatoms. The van der Waals surface area contributed by atoms with Gasteiger partial charge in [-0.1, -0.05) is 11.6 Å². The summed E-state index contributed by atoms with van der Waals surface area (Å²) < 4.78 is 47.3. The van der Waals surface area contributed by atoms with Gasteiger partial charge in [-0.2, -0.15) is 28.6 Å². The molecule has 40 heavy (non-hydrogen) atoms. The number of aromatic nitrogens is 4. The second-order valence-electron chi connectivity index (χ2n) is 8.87. The Morgan fingerprint density at radius 3 is 2.45 bits per heavy atom. The van der Waals surface area contributed by atoms with E-state index in [1.54, 1.807) is 20.8 Å². The SMILES string of the molecule is CC(C)(C)OC(=O)Nc1ccnc(N/C(=C(\C=N)C(=O)NC2=CC(C#N)=C(n3nccn3)NC2)C(F)(F)F)c1Cl. The molecular formula is C23H22ClF3N10O3. The smallest absolute Gasteiger partial charge is 0.432 e. The topological polar surface area (TPSA) is 183 Å². The summed E-state index contributed by atoms with van der Waals surface area (Å²) in [5, 5.41) is 33.7. The number of nitriles is 1. The van der Waals surface area contributed by atoms with Gasteiger partial charge in [0, 0.05) is 18.1 Å². The molecule has 2 amide bonds. The first-order valence-electron chi connectivity index (χ1n) is 11.2. The highest BCUT2D eigenvalue weighted by Crippen LogP contribution is 2.34. The highest BCUT2D eigenvalue weighted by Gasteiger charge is 2.39. The van der Waals surface area contributed by atoms with E-state index in [0.29, 0.717) is 0 Å². The van der Waals surface area contributed by atoms with Crippen molar-refractivity contribution in [2.75, 3.05) is 17.2 Å². The molecule has 0 saturated carbocycles. The zero-order valence-corrected chi connectivity index (χ0v) is 21.9. The molecule has 3 rings (SSSR count). The van der Waals surface area contributed by atoms with E-state index < -0.39 is 45.9 Å². The average Bonchev–Trinajstić information content (AvgIpc) is 3.39. The third-order valence-corrected chi connectivity index (χ3v) is 5.13. The summed E-state index contributed by atoms with van der Waals surface area (Å²) in [5.74, 6) is -1.66. The number of carbonyl (C=O) groups is 2. The summed E-state index contributed by atoms with van der Waals surface area (Å²) in [7, 11) is 0. The number of dihydropyridines is 1. The molecule has 210 valence electrons. The van der Waals surface area contributed by atoms with Crippen molar-refractivity contribution in [1.82, 2.24) is 30.6 Å². The number of allylic oxidation sites excluding steroid dienone is 3. The number of alkyl halides is 3. The van der Waals surface area contributed by atoms with E-state index in [4.69, 9.17) is 21.7 Å². The molecule has 0 aliphatic carbocycles. The van der Waals surface area contributed by atoms with Gasteiger partial charge >= 0.3 is 12.3 Å². The minimum absolute atomic E-state index is 0.00223. The van der Waals surface area contributed by atoms with Gasteiger partial charge in [0.05, 0.1) is 35.8 Å². The lowest BCUT2D eigenvalue weighted by atomic mass is 10.1. The highest BCUT2D eigenvalue weighted by atomic mass is 35.5. The van der Waals surface area contributed by atoms with Gasteiger partial charge in [0.15, 0.2) is 11.6 Å². The fourth-order valence-electron chi connectivity index (χ4n) is 3.16. The molecule has 0 atom stereocenters. The number of hydrogen-bond donors (Lipinski definition) is 5. The molecular weight excluding hydrogens is 557 g/mol. The molecule has 0 bridgehead atoms. The van der Waals surface area contributed by atoms with Gasteiger partial charge in [0.1, 0.15) is 22.4 Å². The maximum Gasteiger partial charge on any atom is 0.432 e. The van der Waals surface area contributed by atoms with Crippen LogP contribution in [0.1, 0.15) is 20.8 Å². The number of pyridine rings is 1. The van der Waals surface area contributed by atoms with Crippen LogP contribution in [0.4, 0.5) is 29.5 Å². The molecule has 1 aliphatic rings. The number of carbonyl (C=O) groups excluding carboxylic acids is 2. The largest absolute Gasteiger partial charge is 0.444 e. The molecule has 2 aromatic rings. The summed E-state index contributed by atoms with van der Waals surface area (Å²) in [4.78, 5) is 29.9. The predicted octanol–water partition coefficient (Wildman–Crippen LogP) is 3.55. The van der Waals surface area contributed by atoms with Gasteiger partial charge in [0.2, 0.25) is 0 Å². The van der Waals surface area contributed by atoms with Crippen molar-refractivity contribution in [2.24, 2.45) is 0 Å². The molecule has 13 nitrogen and oxygen atoms in total. The van der Waals surface area contributed by atoms with Gasteiger partial charge in [-0.15, -0.1) is 4.80 Å². The van der Waals surface area contributed by atoms with Crippen molar-refractivity contribution in [1.29, 1.82) is 10.7 Å². The van der Waals surface area contributed by atoms with Gasteiger partial charge in [0.25, 0.3) is 5.91 Å². The van der Waals surface area contributed by atoms with Crippen molar-refractivity contribution < 1.29 is 27.5 Å². The number of halogens is 4. The van der Waals surface area contributed by atoms with Crippen LogP contribution in [0.15, 0.2) is 53.3 Å². The fraction of sp³-hybridized carbons (Fsp3) is 0.261. The predicted molar refractivity (Wildman–Crippen MR) is 138 cm³/mol. The fourth-order valence-corrected chi connectivity index (χ4v) is 3.36. The number of hydrogen-bond acceptors (Lipinski definition) is 10. The number of ether oxygens (including phenoxy) is 1. The molecule has 0 aromatic carbocycles. The number of rotatable bonds is 7. The normalized spacial score (nSPS) is 14.2. The molecule has 5 N–H and O–H groups in total. The Morgan fingerprint density at radius 1 is 1.20 bits per heavy atom. The van der Waals surface area contributed by atoms with Crippen molar-refractivity contribution in [3.8, 4) is 6.07 Å². The zero-order valence-electron chi connectivity index (χ0n) is 21.1. The van der Waals surface area contributed by atoms with Crippen LogP contribution in [-0.2, 0) is 9.53 Å². The highest BCUT2D eigenvalue weighted by molar-refractivity contribution is 6.36. The van der Waals surface area contributed by atoms with Crippen molar-refractivity contribution >= 4 is 47.1 Å². The average molecular weight is 579 g/mol. The molecule has 2 aromatic heterocycles. The first-order valence-corrected chi connectivity index (χ1v) is 11.6. The van der Waals surface area contributed by atoms with E-state index in [-0.39, 0.29) is 35.5 Å². The van der Waals surface area contributed by atoms with Crippen molar-refractivity contribution in [3.05, 3.63) is 58.3 Å². The standard InChI is InChI=1S/C23H22ClF3N10O3/c1-22(2,3)40-21(39)35-15-4-5-30-18(16(15)24)36-17(23(25,26)27)14(10-29)20(38)34-13-8-12(9-28)19(31-11-13)37-32-6-7-33-37/h4-8,10,29,31H,11H2,1-3H3,(H,34,38)(H2,30,35,36,39)/b17-14+,29-10?. The summed E-state index contributed by atoms with van der Waals surface area (Å²) >= 11 is 6.18. The lowest BCUT2D eigenvalue weighted by Gasteiger charge is -2.21. The Kier molecular flexibility index (Phi) is 8.79. The van der Waals surface area contributed by atoms with E-state index in [9.17, 15) is 28.0 Å². The van der Waals surface area contributed by atoms with Gasteiger partial charge in [-0.3, -0.25) is 10.1 Å². The first kappa shape index (κ1) is 29.6. The summed E-state index contributed by atoms with van der Waals surface area (Å²) in [5.41, 5.74) is -3.69. The number of anilines is 2. The third kappa shape index (κ3) is 7.35. The first-order chi connectivity index (χ1) is 18.7. The molecule has 0 saturated heterocycles. The van der Waals surface area contributed by atoms with Gasteiger partial charge < -0.3 is 26.1 Å². The Bertz CT molecular complexity index is 1450. The quantitative estimate of drug-likeness (QED) is 0.242. The van der Waals surface area contributed by atoms with Crippen LogP contribution in [0.5, 0.6) is 0 Å². The minimum atomic E-state index is -5.17. The Labute approximate surface area is 230 Å². The number of nitrogens with zero attached hydrogens (tertiary/aromatic N) is 5. The Morgan fingerprint density at radius 2 is 1.88 bits per heavy atom. The van der Waals surface area contributed by atoms with Crippen LogP contribution in [0.25, 0.3) is 5.82 Å². The van der Waals surface area contributed by atoms with E-state index in [1.165, 1.54) is 24.5 Å². The van der Waals surface area contributed by atoms with E-state index in [2.05, 4.69) is 31.1 Å². The second kappa shape index (κ2) is 11.9. The molecule has 0 spiro atoms. The second-order valence-corrected chi connectivity index (χ2v) is 9.25. The third-order valence-electron chi connectivity index (χ3n) is 4.74. The van der Waals surface area contributed by atoms with Crippen LogP contribution in [0.2, 0.25) is 5.02 Å². The molecule has 0 radical (unpaired) electrons. The maximum absolute atomic E-state index is 14.1.